The Kier molecular flexibility index (Phi) is 6.11. The Hall–Kier alpha value is -3.26. The van der Waals surface area contributed by atoms with Gasteiger partial charge >= 0.3 is 0 Å². The maximum atomic E-state index is 5.87. The van der Waals surface area contributed by atoms with E-state index < -0.39 is 0 Å². The van der Waals surface area contributed by atoms with Crippen LogP contribution in [-0.2, 0) is 6.61 Å². The number of hydrogen-bond acceptors (Lipinski definition) is 8. The molecule has 0 spiro atoms. The number of nitrogens with two attached hydrogens (primary N) is 1. The van der Waals surface area contributed by atoms with Crippen LogP contribution in [0.25, 0.3) is 0 Å². The van der Waals surface area contributed by atoms with E-state index in [1.54, 1.807) is 25.8 Å². The lowest BCUT2D eigenvalue weighted by Gasteiger charge is -2.11. The van der Waals surface area contributed by atoms with Crippen molar-refractivity contribution in [2.45, 2.75) is 6.61 Å². The van der Waals surface area contributed by atoms with E-state index in [-0.39, 0.29) is 0 Å². The minimum absolute atomic E-state index is 0.431. The van der Waals surface area contributed by atoms with Gasteiger partial charge in [0.15, 0.2) is 11.5 Å². The standard InChI is InChI=1S/C19H20N4O3S/c1-24-15-6-3-13(4-7-15)11-26-16-8-5-14(9-17(16)25-2)10-21-23-19-22-18(20)12-27-19/h3-10,12H,11,20H2,1-2H3,(H,22,23). The topological polar surface area (TPSA) is 91.0 Å². The highest BCUT2D eigenvalue weighted by Crippen LogP contribution is 2.28. The third-order valence-corrected chi connectivity index (χ3v) is 4.40. The van der Waals surface area contributed by atoms with Crippen LogP contribution < -0.4 is 25.4 Å². The fourth-order valence-electron chi connectivity index (χ4n) is 2.27. The number of anilines is 2. The van der Waals surface area contributed by atoms with Crippen molar-refractivity contribution in [3.8, 4) is 17.2 Å². The van der Waals surface area contributed by atoms with Crippen molar-refractivity contribution < 1.29 is 14.2 Å². The van der Waals surface area contributed by atoms with Crippen molar-refractivity contribution in [2.24, 2.45) is 5.10 Å². The van der Waals surface area contributed by atoms with E-state index in [0.717, 1.165) is 16.9 Å². The second-order valence-electron chi connectivity index (χ2n) is 5.49. The largest absolute Gasteiger partial charge is 0.497 e. The van der Waals surface area contributed by atoms with Gasteiger partial charge in [0.05, 0.1) is 20.4 Å². The Bertz CT molecular complexity index is 910. The summed E-state index contributed by atoms with van der Waals surface area (Å²) in [6, 6.07) is 13.3. The number of thiazole rings is 1. The van der Waals surface area contributed by atoms with Crippen LogP contribution in [0.3, 0.4) is 0 Å². The SMILES string of the molecule is COc1ccc(COc2ccc(C=NNc3nc(N)cs3)cc2OC)cc1. The molecule has 0 bridgehead atoms. The molecule has 3 N–H and O–H groups in total. The number of nitrogens with one attached hydrogen (secondary N) is 1. The second kappa shape index (κ2) is 8.91. The molecule has 27 heavy (non-hydrogen) atoms. The highest BCUT2D eigenvalue weighted by molar-refractivity contribution is 7.14. The molecule has 0 atom stereocenters. The number of ether oxygens (including phenoxy) is 3. The summed E-state index contributed by atoms with van der Waals surface area (Å²) in [4.78, 5) is 4.07. The molecule has 0 unspecified atom stereocenters. The van der Waals surface area contributed by atoms with Crippen molar-refractivity contribution >= 4 is 28.5 Å². The molecule has 0 saturated heterocycles. The molecular formula is C19H20N4O3S. The molecule has 140 valence electrons. The Balaban J connectivity index is 1.62. The number of nitrogens with zero attached hydrogens (tertiary/aromatic N) is 2. The summed E-state index contributed by atoms with van der Waals surface area (Å²) in [6.07, 6.45) is 1.67. The summed E-state index contributed by atoms with van der Waals surface area (Å²) < 4.78 is 16.5. The van der Waals surface area contributed by atoms with Gasteiger partial charge in [0.25, 0.3) is 0 Å². The minimum Gasteiger partial charge on any atom is -0.497 e. The van der Waals surface area contributed by atoms with Gasteiger partial charge in [-0.3, -0.25) is 5.43 Å². The first kappa shape index (κ1) is 18.5. The highest BCUT2D eigenvalue weighted by Gasteiger charge is 2.06. The molecule has 0 aliphatic carbocycles. The number of hydrazone groups is 1. The zero-order valence-electron chi connectivity index (χ0n) is 15.0. The van der Waals surface area contributed by atoms with Gasteiger partial charge in [0.2, 0.25) is 5.13 Å². The molecule has 0 amide bonds. The second-order valence-corrected chi connectivity index (χ2v) is 6.35. The van der Waals surface area contributed by atoms with Crippen LogP contribution in [0.15, 0.2) is 52.9 Å². The van der Waals surface area contributed by atoms with Gasteiger partial charge in [-0.1, -0.05) is 12.1 Å². The summed E-state index contributed by atoms with van der Waals surface area (Å²) in [5.41, 5.74) is 10.3. The Labute approximate surface area is 161 Å². The average molecular weight is 384 g/mol. The lowest BCUT2D eigenvalue weighted by molar-refractivity contribution is 0.284. The van der Waals surface area contributed by atoms with Crippen LogP contribution in [0.1, 0.15) is 11.1 Å². The number of benzene rings is 2. The smallest absolute Gasteiger partial charge is 0.205 e. The zero-order valence-corrected chi connectivity index (χ0v) is 15.8. The fourth-order valence-corrected chi connectivity index (χ4v) is 2.81. The van der Waals surface area contributed by atoms with Gasteiger partial charge in [-0.2, -0.15) is 5.10 Å². The number of aromatic nitrogens is 1. The summed E-state index contributed by atoms with van der Waals surface area (Å²) in [5, 5.41) is 6.53. The van der Waals surface area contributed by atoms with Crippen molar-refractivity contribution in [3.63, 3.8) is 0 Å². The normalized spacial score (nSPS) is 10.7. The highest BCUT2D eigenvalue weighted by atomic mass is 32.1. The van der Waals surface area contributed by atoms with Crippen LogP contribution >= 0.6 is 11.3 Å². The monoisotopic (exact) mass is 384 g/mol. The number of hydrogen-bond donors (Lipinski definition) is 2. The van der Waals surface area contributed by atoms with Gasteiger partial charge in [0, 0.05) is 5.38 Å². The molecular weight excluding hydrogens is 364 g/mol. The van der Waals surface area contributed by atoms with E-state index in [0.29, 0.717) is 29.1 Å². The van der Waals surface area contributed by atoms with E-state index in [1.807, 2.05) is 42.5 Å². The predicted octanol–water partition coefficient (Wildman–Crippen LogP) is 3.77. The van der Waals surface area contributed by atoms with Crippen molar-refractivity contribution in [1.82, 2.24) is 4.98 Å². The Morgan fingerprint density at radius 2 is 1.93 bits per heavy atom. The van der Waals surface area contributed by atoms with Gasteiger partial charge in [-0.05, 0) is 41.5 Å². The van der Waals surface area contributed by atoms with Crippen molar-refractivity contribution in [1.29, 1.82) is 0 Å². The van der Waals surface area contributed by atoms with Crippen molar-refractivity contribution in [2.75, 3.05) is 25.4 Å². The lowest BCUT2D eigenvalue weighted by Crippen LogP contribution is -1.99. The Morgan fingerprint density at radius 1 is 1.11 bits per heavy atom. The molecule has 0 radical (unpaired) electrons. The molecule has 8 heteroatoms. The van der Waals surface area contributed by atoms with Gasteiger partial charge in [-0.25, -0.2) is 4.98 Å². The third-order valence-electron chi connectivity index (χ3n) is 3.64. The summed E-state index contributed by atoms with van der Waals surface area (Å²) >= 11 is 1.39. The Morgan fingerprint density at radius 3 is 2.59 bits per heavy atom. The number of methoxy groups -OCH3 is 2. The quantitative estimate of drug-likeness (QED) is 0.454. The zero-order chi connectivity index (χ0) is 19.1. The van der Waals surface area contributed by atoms with E-state index >= 15 is 0 Å². The maximum absolute atomic E-state index is 5.87. The van der Waals surface area contributed by atoms with E-state index in [4.69, 9.17) is 19.9 Å². The van der Waals surface area contributed by atoms with Crippen LogP contribution in [0, 0.1) is 0 Å². The number of nitrogen functional groups attached to an aromatic ring is 1. The van der Waals surface area contributed by atoms with Gasteiger partial charge in [-0.15, -0.1) is 11.3 Å². The molecule has 7 nitrogen and oxygen atoms in total. The molecule has 0 fully saturated rings. The van der Waals surface area contributed by atoms with Gasteiger partial charge < -0.3 is 19.9 Å². The molecule has 1 aromatic heterocycles. The molecule has 0 aliphatic rings. The van der Waals surface area contributed by atoms with Crippen LogP contribution in [0.4, 0.5) is 10.9 Å². The first-order valence-electron chi connectivity index (χ1n) is 8.12. The molecule has 2 aromatic carbocycles. The van der Waals surface area contributed by atoms with Crippen molar-refractivity contribution in [3.05, 3.63) is 59.0 Å². The van der Waals surface area contributed by atoms with Crippen LogP contribution in [0.5, 0.6) is 17.2 Å². The average Bonchev–Trinajstić information content (AvgIpc) is 3.12. The summed E-state index contributed by atoms with van der Waals surface area (Å²) in [5.74, 6) is 2.57. The van der Waals surface area contributed by atoms with E-state index in [2.05, 4.69) is 15.5 Å². The molecule has 1 heterocycles. The molecule has 3 aromatic rings. The van der Waals surface area contributed by atoms with Gasteiger partial charge in [0.1, 0.15) is 18.2 Å². The predicted molar refractivity (Wildman–Crippen MR) is 108 cm³/mol. The maximum Gasteiger partial charge on any atom is 0.205 e. The minimum atomic E-state index is 0.431. The summed E-state index contributed by atoms with van der Waals surface area (Å²) in [7, 11) is 3.25. The first-order chi connectivity index (χ1) is 13.2. The number of rotatable bonds is 8. The van der Waals surface area contributed by atoms with Crippen LogP contribution in [-0.4, -0.2) is 25.4 Å². The lowest BCUT2D eigenvalue weighted by atomic mass is 10.2. The molecule has 3 rings (SSSR count). The van der Waals surface area contributed by atoms with E-state index in [1.165, 1.54) is 11.3 Å². The van der Waals surface area contributed by atoms with Crippen LogP contribution in [0.2, 0.25) is 0 Å². The molecule has 0 aliphatic heterocycles. The van der Waals surface area contributed by atoms with E-state index in [9.17, 15) is 0 Å². The third kappa shape index (κ3) is 5.11. The fraction of sp³-hybridized carbons (Fsp3) is 0.158. The molecule has 0 saturated carbocycles. The first-order valence-corrected chi connectivity index (χ1v) is 9.00. The summed E-state index contributed by atoms with van der Waals surface area (Å²) in [6.45, 7) is 0.431.